The third kappa shape index (κ3) is 5.03. The average Bonchev–Trinajstić information content (AvgIpc) is 2.35. The summed E-state index contributed by atoms with van der Waals surface area (Å²) in [5.74, 6) is 0.551. The number of methoxy groups -OCH3 is 1. The standard InChI is InChI=1S/C13H17BrF3NO/c1-3-6-18-12(13(15,16)17)8-9-7-10(19-2)4-5-11(9)14/h4-5,7,12,18H,3,6,8H2,1-2H3. The lowest BCUT2D eigenvalue weighted by Gasteiger charge is -2.22. The highest BCUT2D eigenvalue weighted by Crippen LogP contribution is 2.28. The molecule has 0 fully saturated rings. The summed E-state index contributed by atoms with van der Waals surface area (Å²) >= 11 is 3.27. The first-order valence-electron chi connectivity index (χ1n) is 6.01. The zero-order valence-electron chi connectivity index (χ0n) is 10.9. The Balaban J connectivity index is 2.89. The maximum atomic E-state index is 12.9. The summed E-state index contributed by atoms with van der Waals surface area (Å²) in [6.07, 6.45) is -3.73. The van der Waals surface area contributed by atoms with Gasteiger partial charge in [-0.25, -0.2) is 0 Å². The van der Waals surface area contributed by atoms with Gasteiger partial charge in [0.25, 0.3) is 0 Å². The van der Waals surface area contributed by atoms with E-state index >= 15 is 0 Å². The van der Waals surface area contributed by atoms with Gasteiger partial charge in [0.15, 0.2) is 0 Å². The van der Waals surface area contributed by atoms with Gasteiger partial charge >= 0.3 is 6.18 Å². The molecule has 2 nitrogen and oxygen atoms in total. The second kappa shape index (κ2) is 7.14. The smallest absolute Gasteiger partial charge is 0.404 e. The van der Waals surface area contributed by atoms with E-state index < -0.39 is 12.2 Å². The molecule has 0 radical (unpaired) electrons. The Bertz CT molecular complexity index is 409. The molecule has 1 unspecified atom stereocenters. The van der Waals surface area contributed by atoms with Gasteiger partial charge in [-0.1, -0.05) is 22.9 Å². The van der Waals surface area contributed by atoms with Crippen LogP contribution in [0.4, 0.5) is 13.2 Å². The quantitative estimate of drug-likeness (QED) is 0.847. The Hall–Kier alpha value is -0.750. The number of hydrogen-bond acceptors (Lipinski definition) is 2. The number of rotatable bonds is 6. The third-order valence-corrected chi connectivity index (χ3v) is 3.49. The van der Waals surface area contributed by atoms with Gasteiger partial charge in [-0.05, 0) is 43.1 Å². The zero-order valence-corrected chi connectivity index (χ0v) is 12.4. The number of halogens is 4. The van der Waals surface area contributed by atoms with Crippen molar-refractivity contribution in [3.63, 3.8) is 0 Å². The molecule has 0 heterocycles. The van der Waals surface area contributed by atoms with E-state index in [1.165, 1.54) is 7.11 Å². The van der Waals surface area contributed by atoms with Crippen LogP contribution in [0.5, 0.6) is 5.75 Å². The van der Waals surface area contributed by atoms with Gasteiger partial charge in [-0.15, -0.1) is 0 Å². The van der Waals surface area contributed by atoms with Crippen LogP contribution in [-0.2, 0) is 6.42 Å². The SMILES string of the molecule is CCCNC(Cc1cc(OC)ccc1Br)C(F)(F)F. The maximum absolute atomic E-state index is 12.9. The molecule has 6 heteroatoms. The van der Waals surface area contributed by atoms with Crippen LogP contribution >= 0.6 is 15.9 Å². The topological polar surface area (TPSA) is 21.3 Å². The molecular formula is C13H17BrF3NO. The molecule has 0 amide bonds. The van der Waals surface area contributed by atoms with Crippen molar-refractivity contribution in [1.29, 1.82) is 0 Å². The van der Waals surface area contributed by atoms with Crippen molar-refractivity contribution in [2.24, 2.45) is 0 Å². The molecule has 0 saturated heterocycles. The highest BCUT2D eigenvalue weighted by atomic mass is 79.9. The van der Waals surface area contributed by atoms with Crippen molar-refractivity contribution in [1.82, 2.24) is 5.32 Å². The molecule has 1 atom stereocenters. The second-order valence-electron chi connectivity index (χ2n) is 4.21. The summed E-state index contributed by atoms with van der Waals surface area (Å²) in [5.41, 5.74) is 0.574. The minimum Gasteiger partial charge on any atom is -0.497 e. The largest absolute Gasteiger partial charge is 0.497 e. The van der Waals surface area contributed by atoms with Crippen LogP contribution in [0, 0.1) is 0 Å². The zero-order chi connectivity index (χ0) is 14.5. The molecule has 1 N–H and O–H groups in total. The van der Waals surface area contributed by atoms with E-state index in [1.54, 1.807) is 18.2 Å². The molecule has 0 aliphatic carbocycles. The van der Waals surface area contributed by atoms with Crippen molar-refractivity contribution in [3.8, 4) is 5.75 Å². The van der Waals surface area contributed by atoms with E-state index in [2.05, 4.69) is 21.2 Å². The van der Waals surface area contributed by atoms with Crippen molar-refractivity contribution >= 4 is 15.9 Å². The fraction of sp³-hybridized carbons (Fsp3) is 0.538. The number of hydrogen-bond donors (Lipinski definition) is 1. The van der Waals surface area contributed by atoms with E-state index in [0.29, 0.717) is 28.8 Å². The average molecular weight is 340 g/mol. The highest BCUT2D eigenvalue weighted by molar-refractivity contribution is 9.10. The Morgan fingerprint density at radius 3 is 2.58 bits per heavy atom. The summed E-state index contributed by atoms with van der Waals surface area (Å²) in [6, 6.07) is 3.48. The minimum atomic E-state index is -4.27. The molecule has 108 valence electrons. The van der Waals surface area contributed by atoms with Gasteiger partial charge in [0, 0.05) is 4.47 Å². The van der Waals surface area contributed by atoms with E-state index in [1.807, 2.05) is 6.92 Å². The molecule has 19 heavy (non-hydrogen) atoms. The molecular weight excluding hydrogens is 323 g/mol. The summed E-state index contributed by atoms with van der Waals surface area (Å²) in [5, 5.41) is 2.54. The van der Waals surface area contributed by atoms with Crippen molar-refractivity contribution in [2.75, 3.05) is 13.7 Å². The summed E-state index contributed by atoms with van der Waals surface area (Å²) in [7, 11) is 1.49. The van der Waals surface area contributed by atoms with Gasteiger partial charge in [0.2, 0.25) is 0 Å². The molecule has 0 aliphatic rings. The second-order valence-corrected chi connectivity index (χ2v) is 5.06. The number of alkyl halides is 3. The molecule has 1 aromatic carbocycles. The van der Waals surface area contributed by atoms with Gasteiger partial charge in [0.1, 0.15) is 11.8 Å². The number of ether oxygens (including phenoxy) is 1. The molecule has 0 bridgehead atoms. The van der Waals surface area contributed by atoms with E-state index in [-0.39, 0.29) is 6.42 Å². The maximum Gasteiger partial charge on any atom is 0.404 e. The normalized spacial score (nSPS) is 13.4. The van der Waals surface area contributed by atoms with Gasteiger partial charge in [-0.2, -0.15) is 13.2 Å². The Morgan fingerprint density at radius 1 is 1.37 bits per heavy atom. The first-order valence-corrected chi connectivity index (χ1v) is 6.80. The molecule has 0 spiro atoms. The van der Waals surface area contributed by atoms with Gasteiger partial charge in [0.05, 0.1) is 7.11 Å². The molecule has 1 aromatic rings. The fourth-order valence-electron chi connectivity index (χ4n) is 1.68. The minimum absolute atomic E-state index is 0.124. The Labute approximate surface area is 119 Å². The summed E-state index contributed by atoms with van der Waals surface area (Å²) in [4.78, 5) is 0. The lowest BCUT2D eigenvalue weighted by atomic mass is 10.0. The van der Waals surface area contributed by atoms with Crippen LogP contribution in [0.3, 0.4) is 0 Å². The van der Waals surface area contributed by atoms with E-state index in [9.17, 15) is 13.2 Å². The highest BCUT2D eigenvalue weighted by Gasteiger charge is 2.39. The van der Waals surface area contributed by atoms with Crippen LogP contribution < -0.4 is 10.1 Å². The van der Waals surface area contributed by atoms with Crippen LogP contribution in [0.15, 0.2) is 22.7 Å². The van der Waals surface area contributed by atoms with Crippen molar-refractivity contribution in [3.05, 3.63) is 28.2 Å². The fourth-order valence-corrected chi connectivity index (χ4v) is 2.09. The molecule has 0 saturated carbocycles. The monoisotopic (exact) mass is 339 g/mol. The van der Waals surface area contributed by atoms with E-state index in [0.717, 1.165) is 0 Å². The van der Waals surface area contributed by atoms with Gasteiger partial charge < -0.3 is 10.1 Å². The molecule has 0 aliphatic heterocycles. The number of benzene rings is 1. The Kier molecular flexibility index (Phi) is 6.13. The van der Waals surface area contributed by atoms with Crippen molar-refractivity contribution in [2.45, 2.75) is 32.0 Å². The first-order chi connectivity index (χ1) is 8.88. The summed E-state index contributed by atoms with van der Waals surface area (Å²) in [6.45, 7) is 2.17. The van der Waals surface area contributed by atoms with Gasteiger partial charge in [-0.3, -0.25) is 0 Å². The van der Waals surface area contributed by atoms with Crippen LogP contribution in [0.2, 0.25) is 0 Å². The third-order valence-electron chi connectivity index (χ3n) is 2.71. The van der Waals surface area contributed by atoms with Crippen LogP contribution in [-0.4, -0.2) is 25.9 Å². The summed E-state index contributed by atoms with van der Waals surface area (Å²) < 4.78 is 44.5. The van der Waals surface area contributed by atoms with Crippen molar-refractivity contribution < 1.29 is 17.9 Å². The lowest BCUT2D eigenvalue weighted by Crippen LogP contribution is -2.44. The molecule has 0 aromatic heterocycles. The Morgan fingerprint density at radius 2 is 2.05 bits per heavy atom. The predicted octanol–water partition coefficient (Wildman–Crippen LogP) is 3.93. The number of nitrogens with one attached hydrogen (secondary N) is 1. The van der Waals surface area contributed by atoms with Crippen LogP contribution in [0.1, 0.15) is 18.9 Å². The predicted molar refractivity (Wildman–Crippen MR) is 72.5 cm³/mol. The van der Waals surface area contributed by atoms with Crippen LogP contribution in [0.25, 0.3) is 0 Å². The lowest BCUT2D eigenvalue weighted by molar-refractivity contribution is -0.155. The van der Waals surface area contributed by atoms with E-state index in [4.69, 9.17) is 4.74 Å². The first kappa shape index (κ1) is 16.3. The molecule has 1 rings (SSSR count).